The number of aromatic nitrogens is 2. The van der Waals surface area contributed by atoms with E-state index in [1.165, 1.54) is 19.3 Å². The molecular formula is C23H31N3O3S. The fourth-order valence-corrected chi connectivity index (χ4v) is 5.86. The lowest BCUT2D eigenvalue weighted by Crippen LogP contribution is -2.28. The highest BCUT2D eigenvalue weighted by Crippen LogP contribution is 2.35. The highest BCUT2D eigenvalue weighted by molar-refractivity contribution is 7.83. The quantitative estimate of drug-likeness (QED) is 0.699. The molecule has 2 heterocycles. The van der Waals surface area contributed by atoms with Crippen LogP contribution in [0.3, 0.4) is 0 Å². The summed E-state index contributed by atoms with van der Waals surface area (Å²) in [7, 11) is 0.691. The van der Waals surface area contributed by atoms with Crippen LogP contribution >= 0.6 is 0 Å². The lowest BCUT2D eigenvalue weighted by Gasteiger charge is -2.27. The Morgan fingerprint density at radius 1 is 1.20 bits per heavy atom. The van der Waals surface area contributed by atoms with Gasteiger partial charge >= 0.3 is 0 Å². The van der Waals surface area contributed by atoms with Gasteiger partial charge in [0.2, 0.25) is 5.91 Å². The maximum atomic E-state index is 13.1. The topological polar surface area (TPSA) is 73.2 Å². The molecule has 4 rings (SSSR count). The van der Waals surface area contributed by atoms with Crippen molar-refractivity contribution < 1.29 is 13.7 Å². The van der Waals surface area contributed by atoms with E-state index in [0.29, 0.717) is 17.3 Å². The number of carbonyl (C=O) groups is 1. The standard InChI is InChI=1S/C23H31N3O3S/c1-3-4-5-16-6-8-17(9-7-16)23(27)24-22-20-14-30(28)15-21(20)25-26(22)18-10-12-19(29-2)13-11-18/h10-13,16-17H,3-9,14-15H2,1-2H3,(H,24,27). The van der Waals surface area contributed by atoms with Crippen molar-refractivity contribution in [2.24, 2.45) is 11.8 Å². The third kappa shape index (κ3) is 4.46. The van der Waals surface area contributed by atoms with Crippen molar-refractivity contribution in [3.63, 3.8) is 0 Å². The van der Waals surface area contributed by atoms with Gasteiger partial charge in [0.05, 0.1) is 30.0 Å². The number of hydrogen-bond acceptors (Lipinski definition) is 4. The number of benzene rings is 1. The molecule has 6 nitrogen and oxygen atoms in total. The third-order valence-electron chi connectivity index (χ3n) is 6.41. The van der Waals surface area contributed by atoms with E-state index in [0.717, 1.165) is 54.3 Å². The molecule has 0 spiro atoms. The van der Waals surface area contributed by atoms with Crippen molar-refractivity contribution >= 4 is 22.5 Å². The van der Waals surface area contributed by atoms with Crippen LogP contribution in [0.2, 0.25) is 0 Å². The molecule has 1 saturated carbocycles. The Morgan fingerprint density at radius 3 is 2.60 bits per heavy atom. The van der Waals surface area contributed by atoms with Gasteiger partial charge < -0.3 is 10.1 Å². The van der Waals surface area contributed by atoms with Gasteiger partial charge in [0.15, 0.2) is 0 Å². The maximum absolute atomic E-state index is 13.1. The Hall–Kier alpha value is -2.15. The van der Waals surface area contributed by atoms with E-state index in [4.69, 9.17) is 4.74 Å². The summed E-state index contributed by atoms with van der Waals surface area (Å²) < 4.78 is 19.1. The zero-order valence-electron chi connectivity index (χ0n) is 17.9. The van der Waals surface area contributed by atoms with Gasteiger partial charge in [-0.15, -0.1) is 0 Å². The van der Waals surface area contributed by atoms with Gasteiger partial charge in [0.1, 0.15) is 11.6 Å². The molecule has 0 saturated heterocycles. The summed E-state index contributed by atoms with van der Waals surface area (Å²) in [5, 5.41) is 7.84. The average Bonchev–Trinajstić information content (AvgIpc) is 3.29. The van der Waals surface area contributed by atoms with E-state index < -0.39 is 10.8 Å². The number of nitrogens with one attached hydrogen (secondary N) is 1. The van der Waals surface area contributed by atoms with Crippen LogP contribution in [0.4, 0.5) is 5.82 Å². The number of methoxy groups -OCH3 is 1. The molecule has 2 aromatic rings. The molecule has 1 N–H and O–H groups in total. The largest absolute Gasteiger partial charge is 0.497 e. The summed E-state index contributed by atoms with van der Waals surface area (Å²) in [5.41, 5.74) is 2.59. The Morgan fingerprint density at radius 2 is 1.93 bits per heavy atom. The van der Waals surface area contributed by atoms with Crippen molar-refractivity contribution in [2.45, 2.75) is 63.4 Å². The maximum Gasteiger partial charge on any atom is 0.228 e. The first-order valence-corrected chi connectivity index (χ1v) is 12.5. The van der Waals surface area contributed by atoms with Crippen LogP contribution in [0.5, 0.6) is 5.75 Å². The number of nitrogens with zero attached hydrogens (tertiary/aromatic N) is 2. The highest BCUT2D eigenvalue weighted by Gasteiger charge is 2.31. The predicted molar refractivity (Wildman–Crippen MR) is 119 cm³/mol. The van der Waals surface area contributed by atoms with Crippen LogP contribution in [-0.4, -0.2) is 27.0 Å². The Labute approximate surface area is 180 Å². The molecule has 1 aromatic heterocycles. The number of amides is 1. The number of ether oxygens (including phenoxy) is 1. The third-order valence-corrected chi connectivity index (χ3v) is 7.62. The van der Waals surface area contributed by atoms with Crippen molar-refractivity contribution in [3.8, 4) is 11.4 Å². The summed E-state index contributed by atoms with van der Waals surface area (Å²) in [6.45, 7) is 2.23. The molecule has 0 radical (unpaired) electrons. The predicted octanol–water partition coefficient (Wildman–Crippen LogP) is 4.58. The fraction of sp³-hybridized carbons (Fsp3) is 0.565. The minimum Gasteiger partial charge on any atom is -0.497 e. The van der Waals surface area contributed by atoms with Crippen LogP contribution in [0.15, 0.2) is 24.3 Å². The Bertz CT molecular complexity index is 915. The highest BCUT2D eigenvalue weighted by atomic mass is 32.2. The molecule has 1 amide bonds. The van der Waals surface area contributed by atoms with Crippen molar-refractivity contribution in [1.82, 2.24) is 9.78 Å². The molecule has 0 bridgehead atoms. The smallest absolute Gasteiger partial charge is 0.228 e. The molecule has 2 aliphatic rings. The first-order chi connectivity index (χ1) is 14.6. The second kappa shape index (κ2) is 9.33. The zero-order valence-corrected chi connectivity index (χ0v) is 18.7. The molecule has 1 unspecified atom stereocenters. The molecule has 1 aliphatic carbocycles. The van der Waals surface area contributed by atoms with Crippen LogP contribution in [0.1, 0.15) is 63.1 Å². The fourth-order valence-electron chi connectivity index (χ4n) is 4.59. The molecule has 1 atom stereocenters. The summed E-state index contributed by atoms with van der Waals surface area (Å²) in [6, 6.07) is 7.60. The van der Waals surface area contributed by atoms with Gasteiger partial charge in [0.25, 0.3) is 0 Å². The van der Waals surface area contributed by atoms with Crippen LogP contribution in [0.25, 0.3) is 5.69 Å². The first-order valence-electron chi connectivity index (χ1n) is 11.0. The van der Waals surface area contributed by atoms with Crippen molar-refractivity contribution in [3.05, 3.63) is 35.5 Å². The number of fused-ring (bicyclic) bond motifs is 1. The zero-order chi connectivity index (χ0) is 21.1. The molecule has 1 fully saturated rings. The van der Waals surface area contributed by atoms with Gasteiger partial charge in [-0.25, -0.2) is 4.68 Å². The average molecular weight is 430 g/mol. The number of unbranched alkanes of at least 4 members (excludes halogenated alkanes) is 1. The number of anilines is 1. The van der Waals surface area contributed by atoms with Gasteiger partial charge in [-0.05, 0) is 55.9 Å². The van der Waals surface area contributed by atoms with E-state index in [1.54, 1.807) is 11.8 Å². The number of carbonyl (C=O) groups excluding carboxylic acids is 1. The Balaban J connectivity index is 1.52. The second-order valence-corrected chi connectivity index (χ2v) is 9.92. The SMILES string of the molecule is CCCCC1CCC(C(=O)Nc2c3c(nn2-c2ccc(OC)cc2)CS(=O)C3)CC1. The molecule has 30 heavy (non-hydrogen) atoms. The monoisotopic (exact) mass is 429 g/mol. The number of hydrogen-bond donors (Lipinski definition) is 1. The van der Waals surface area contributed by atoms with Crippen LogP contribution < -0.4 is 10.1 Å². The van der Waals surface area contributed by atoms with E-state index in [9.17, 15) is 9.00 Å². The van der Waals surface area contributed by atoms with Gasteiger partial charge in [0, 0.05) is 22.3 Å². The summed E-state index contributed by atoms with van der Waals surface area (Å²) >= 11 is 0. The van der Waals surface area contributed by atoms with E-state index in [1.807, 2.05) is 24.3 Å². The van der Waals surface area contributed by atoms with E-state index in [-0.39, 0.29) is 11.8 Å². The molecule has 162 valence electrons. The summed E-state index contributed by atoms with van der Waals surface area (Å²) in [5.74, 6) is 3.23. The van der Waals surface area contributed by atoms with Gasteiger partial charge in [-0.3, -0.25) is 9.00 Å². The lowest BCUT2D eigenvalue weighted by molar-refractivity contribution is -0.121. The first kappa shape index (κ1) is 21.1. The Kier molecular flexibility index (Phi) is 6.56. The van der Waals surface area contributed by atoms with Crippen molar-refractivity contribution in [1.29, 1.82) is 0 Å². The number of rotatable bonds is 7. The molecule has 1 aromatic carbocycles. The van der Waals surface area contributed by atoms with Gasteiger partial charge in [-0.1, -0.05) is 26.2 Å². The van der Waals surface area contributed by atoms with E-state index in [2.05, 4.69) is 17.3 Å². The molecule has 7 heteroatoms. The van der Waals surface area contributed by atoms with Crippen molar-refractivity contribution in [2.75, 3.05) is 12.4 Å². The summed E-state index contributed by atoms with van der Waals surface area (Å²) in [4.78, 5) is 13.1. The van der Waals surface area contributed by atoms with E-state index >= 15 is 0 Å². The van der Waals surface area contributed by atoms with Gasteiger partial charge in [-0.2, -0.15) is 5.10 Å². The molecular weight excluding hydrogens is 398 g/mol. The lowest BCUT2D eigenvalue weighted by atomic mass is 9.79. The molecule has 1 aliphatic heterocycles. The minimum absolute atomic E-state index is 0.0460. The van der Waals surface area contributed by atoms with Crippen LogP contribution in [-0.2, 0) is 27.1 Å². The second-order valence-electron chi connectivity index (χ2n) is 8.46. The normalized spacial score (nSPS) is 23.2. The van der Waals surface area contributed by atoms with Crippen LogP contribution in [0, 0.1) is 11.8 Å². The summed E-state index contributed by atoms with van der Waals surface area (Å²) in [6.07, 6.45) is 7.98. The minimum atomic E-state index is -0.943.